The smallest absolute Gasteiger partial charge is 0.262 e. The van der Waals surface area contributed by atoms with Crippen molar-refractivity contribution in [2.45, 2.75) is 63.6 Å². The van der Waals surface area contributed by atoms with Crippen molar-refractivity contribution in [1.82, 2.24) is 15.5 Å². The van der Waals surface area contributed by atoms with E-state index in [4.69, 9.17) is 5.73 Å². The minimum Gasteiger partial charge on any atom is -0.329 e. The number of hydrogen-bond donors (Lipinski definition) is 3. The molecule has 8 heteroatoms. The van der Waals surface area contributed by atoms with Crippen LogP contribution in [0.3, 0.4) is 0 Å². The van der Waals surface area contributed by atoms with Crippen LogP contribution in [0.1, 0.15) is 71.2 Å². The van der Waals surface area contributed by atoms with Crippen LogP contribution < -0.4 is 16.4 Å². The van der Waals surface area contributed by atoms with E-state index in [1.807, 2.05) is 6.07 Å². The quantitative estimate of drug-likeness (QED) is 0.601. The zero-order valence-corrected chi connectivity index (χ0v) is 17.0. The van der Waals surface area contributed by atoms with Crippen molar-refractivity contribution in [1.29, 1.82) is 0 Å². The van der Waals surface area contributed by atoms with Crippen LogP contribution in [0.5, 0.6) is 0 Å². The lowest BCUT2D eigenvalue weighted by Crippen LogP contribution is -2.54. The van der Waals surface area contributed by atoms with Gasteiger partial charge in [0, 0.05) is 25.6 Å². The molecule has 1 aromatic rings. The molecule has 1 aromatic carbocycles. The summed E-state index contributed by atoms with van der Waals surface area (Å²) in [6.07, 6.45) is 6.28. The van der Waals surface area contributed by atoms with Crippen molar-refractivity contribution in [2.24, 2.45) is 11.7 Å². The number of carbonyl (C=O) groups excluding carboxylic acids is 4. The molecule has 4 N–H and O–H groups in total. The molecule has 4 amide bonds. The number of piperidine rings is 1. The number of fused-ring (bicyclic) bond motifs is 1. The van der Waals surface area contributed by atoms with Gasteiger partial charge in [0.1, 0.15) is 6.04 Å². The summed E-state index contributed by atoms with van der Waals surface area (Å²) in [5.74, 6) is -1.40. The van der Waals surface area contributed by atoms with Crippen LogP contribution in [0.15, 0.2) is 18.2 Å². The number of nitrogens with zero attached hydrogens (tertiary/aromatic N) is 1. The van der Waals surface area contributed by atoms with Crippen molar-refractivity contribution in [3.8, 4) is 0 Å². The molecular weight excluding hydrogens is 384 g/mol. The van der Waals surface area contributed by atoms with E-state index in [0.717, 1.165) is 23.3 Å². The Balaban J connectivity index is 1.53. The van der Waals surface area contributed by atoms with E-state index in [0.29, 0.717) is 30.1 Å². The molecule has 1 unspecified atom stereocenters. The van der Waals surface area contributed by atoms with Gasteiger partial charge in [-0.05, 0) is 36.8 Å². The largest absolute Gasteiger partial charge is 0.329 e. The first-order valence-electron chi connectivity index (χ1n) is 10.8. The first kappa shape index (κ1) is 20.7. The molecule has 2 heterocycles. The Kier molecular flexibility index (Phi) is 5.97. The Morgan fingerprint density at radius 1 is 1.07 bits per heavy atom. The highest BCUT2D eigenvalue weighted by Gasteiger charge is 2.45. The van der Waals surface area contributed by atoms with Gasteiger partial charge in [0.2, 0.25) is 11.8 Å². The molecule has 3 aliphatic rings. The Bertz CT molecular complexity index is 878. The molecule has 0 spiro atoms. The van der Waals surface area contributed by atoms with E-state index in [1.165, 1.54) is 19.3 Å². The lowest BCUT2D eigenvalue weighted by atomic mass is 9.84. The summed E-state index contributed by atoms with van der Waals surface area (Å²) in [5.41, 5.74) is 7.40. The first-order chi connectivity index (χ1) is 14.5. The van der Waals surface area contributed by atoms with Crippen LogP contribution in [0, 0.1) is 5.92 Å². The minimum absolute atomic E-state index is 0.109. The van der Waals surface area contributed by atoms with Crippen molar-refractivity contribution in [3.63, 3.8) is 0 Å². The molecule has 2 atom stereocenters. The predicted octanol–water partition coefficient (Wildman–Crippen LogP) is 1.08. The number of carbonyl (C=O) groups is 4. The van der Waals surface area contributed by atoms with E-state index in [9.17, 15) is 19.2 Å². The average molecular weight is 412 g/mol. The average Bonchev–Trinajstić information content (AvgIpc) is 3.00. The molecule has 4 rings (SSSR count). The van der Waals surface area contributed by atoms with Gasteiger partial charge in [0.05, 0.1) is 11.1 Å². The lowest BCUT2D eigenvalue weighted by Gasteiger charge is -2.30. The molecule has 160 valence electrons. The summed E-state index contributed by atoms with van der Waals surface area (Å²) in [6, 6.07) is 4.42. The second-order valence-corrected chi connectivity index (χ2v) is 8.41. The zero-order valence-electron chi connectivity index (χ0n) is 17.0. The molecule has 1 aliphatic carbocycles. The predicted molar refractivity (Wildman–Crippen MR) is 109 cm³/mol. The number of nitrogens with one attached hydrogen (secondary N) is 2. The van der Waals surface area contributed by atoms with Crippen LogP contribution in [0.4, 0.5) is 0 Å². The van der Waals surface area contributed by atoms with Crippen LogP contribution in [-0.4, -0.2) is 47.2 Å². The van der Waals surface area contributed by atoms with Gasteiger partial charge in [-0.1, -0.05) is 31.4 Å². The number of amides is 4. The molecular formula is C22H28N4O4. The fourth-order valence-electron chi connectivity index (χ4n) is 4.95. The molecule has 30 heavy (non-hydrogen) atoms. The van der Waals surface area contributed by atoms with Gasteiger partial charge in [-0.15, -0.1) is 0 Å². The fraction of sp³-hybridized carbons (Fsp3) is 0.545. The first-order valence-corrected chi connectivity index (χ1v) is 10.8. The number of imide groups is 2. The van der Waals surface area contributed by atoms with Crippen molar-refractivity contribution in [2.75, 3.05) is 6.54 Å². The van der Waals surface area contributed by atoms with Gasteiger partial charge >= 0.3 is 0 Å². The molecule has 0 radical (unpaired) electrons. The van der Waals surface area contributed by atoms with Gasteiger partial charge in [-0.25, -0.2) is 0 Å². The molecule has 2 fully saturated rings. The van der Waals surface area contributed by atoms with Gasteiger partial charge in [-0.2, -0.15) is 0 Å². The third-order valence-corrected chi connectivity index (χ3v) is 6.58. The third-order valence-electron chi connectivity index (χ3n) is 6.58. The van der Waals surface area contributed by atoms with Crippen molar-refractivity contribution in [3.05, 3.63) is 34.9 Å². The van der Waals surface area contributed by atoms with E-state index in [2.05, 4.69) is 10.6 Å². The molecule has 1 saturated heterocycles. The van der Waals surface area contributed by atoms with Gasteiger partial charge in [-0.3, -0.25) is 29.4 Å². The van der Waals surface area contributed by atoms with Gasteiger partial charge in [0.15, 0.2) is 0 Å². The number of benzene rings is 1. The fourth-order valence-corrected chi connectivity index (χ4v) is 4.95. The summed E-state index contributed by atoms with van der Waals surface area (Å²) >= 11 is 0. The summed E-state index contributed by atoms with van der Waals surface area (Å²) in [5, 5.41) is 5.72. The summed E-state index contributed by atoms with van der Waals surface area (Å²) in [7, 11) is 0. The molecule has 0 aromatic heterocycles. The van der Waals surface area contributed by atoms with Crippen LogP contribution >= 0.6 is 0 Å². The lowest BCUT2D eigenvalue weighted by molar-refractivity contribution is -0.136. The second kappa shape index (κ2) is 8.65. The Labute approximate surface area is 175 Å². The number of rotatable bonds is 6. The number of nitrogens with two attached hydrogens (primary N) is 1. The van der Waals surface area contributed by atoms with Gasteiger partial charge < -0.3 is 11.1 Å². The van der Waals surface area contributed by atoms with Gasteiger partial charge in [0.25, 0.3) is 11.8 Å². The molecule has 2 aliphatic heterocycles. The monoisotopic (exact) mass is 412 g/mol. The maximum absolute atomic E-state index is 13.2. The van der Waals surface area contributed by atoms with Crippen LogP contribution in [-0.2, 0) is 16.1 Å². The maximum Gasteiger partial charge on any atom is 0.262 e. The topological polar surface area (TPSA) is 122 Å². The highest BCUT2D eigenvalue weighted by molar-refractivity contribution is 6.24. The summed E-state index contributed by atoms with van der Waals surface area (Å²) < 4.78 is 0. The standard InChI is InChI=1S/C22H28N4O4/c23-11-16(13-5-2-1-3-6-13)24-12-14-7-4-8-15-19(14)22(30)26(21(15)29)17-9-10-18(27)25-20(17)28/h4,7-8,13,16-17,24H,1-3,5-6,9-12,23H2,(H,25,27,28)/t16-,17?/m0/s1. The second-order valence-electron chi connectivity index (χ2n) is 8.41. The maximum atomic E-state index is 13.2. The zero-order chi connectivity index (χ0) is 21.3. The van der Waals surface area contributed by atoms with Crippen molar-refractivity contribution >= 4 is 23.6 Å². The highest BCUT2D eigenvalue weighted by atomic mass is 16.2. The highest BCUT2D eigenvalue weighted by Crippen LogP contribution is 2.31. The Morgan fingerprint density at radius 2 is 1.83 bits per heavy atom. The normalized spacial score (nSPS) is 23.5. The van der Waals surface area contributed by atoms with E-state index >= 15 is 0 Å². The summed E-state index contributed by atoms with van der Waals surface area (Å²) in [4.78, 5) is 50.8. The molecule has 8 nitrogen and oxygen atoms in total. The summed E-state index contributed by atoms with van der Waals surface area (Å²) in [6.45, 7) is 0.957. The minimum atomic E-state index is -0.949. The Morgan fingerprint density at radius 3 is 2.53 bits per heavy atom. The van der Waals surface area contributed by atoms with Crippen LogP contribution in [0.2, 0.25) is 0 Å². The van der Waals surface area contributed by atoms with E-state index in [1.54, 1.807) is 12.1 Å². The third kappa shape index (κ3) is 3.77. The van der Waals surface area contributed by atoms with E-state index < -0.39 is 23.8 Å². The SMILES string of the molecule is NC[C@H](NCc1cccc2c1C(=O)N(C1CCC(=O)NC1=O)C2=O)C1CCCCC1. The van der Waals surface area contributed by atoms with E-state index in [-0.39, 0.29) is 24.8 Å². The molecule has 1 saturated carbocycles. The van der Waals surface area contributed by atoms with Crippen LogP contribution in [0.25, 0.3) is 0 Å². The Hall–Kier alpha value is -2.58. The van der Waals surface area contributed by atoms with Crippen molar-refractivity contribution < 1.29 is 19.2 Å². The molecule has 0 bridgehead atoms. The number of hydrogen-bond acceptors (Lipinski definition) is 6.